The van der Waals surface area contributed by atoms with Gasteiger partial charge in [-0.15, -0.1) is 0 Å². The van der Waals surface area contributed by atoms with Crippen LogP contribution >= 0.6 is 39.1 Å². The molecule has 1 unspecified atom stereocenters. The summed E-state index contributed by atoms with van der Waals surface area (Å²) < 4.78 is 0. The van der Waals surface area contributed by atoms with Crippen molar-refractivity contribution in [2.24, 2.45) is 5.92 Å². The van der Waals surface area contributed by atoms with Gasteiger partial charge in [0.1, 0.15) is 0 Å². The average Bonchev–Trinajstić information content (AvgIpc) is 2.42. The third-order valence-electron chi connectivity index (χ3n) is 3.40. The molecule has 0 aliphatic rings. The highest BCUT2D eigenvalue weighted by atomic mass is 79.9. The highest BCUT2D eigenvalue weighted by Crippen LogP contribution is 2.23. The van der Waals surface area contributed by atoms with Crippen LogP contribution < -0.4 is 5.32 Å². The zero-order chi connectivity index (χ0) is 15.1. The predicted molar refractivity (Wildman–Crippen MR) is 90.0 cm³/mol. The Morgan fingerprint density at radius 1 is 1.25 bits per heavy atom. The van der Waals surface area contributed by atoms with Gasteiger partial charge >= 0.3 is 0 Å². The molecule has 0 saturated carbocycles. The topological polar surface area (TPSA) is 29.1 Å². The van der Waals surface area contributed by atoms with Gasteiger partial charge in [-0.05, 0) is 23.6 Å². The summed E-state index contributed by atoms with van der Waals surface area (Å²) in [6.07, 6.45) is 2.53. The summed E-state index contributed by atoms with van der Waals surface area (Å²) >= 11 is 15.4. The molecule has 0 spiro atoms. The number of halogens is 3. The second-order valence-electron chi connectivity index (χ2n) is 4.82. The predicted octanol–water partition coefficient (Wildman–Crippen LogP) is 4.85. The second kappa shape index (κ2) is 8.91. The monoisotopic (exact) mass is 379 g/mol. The van der Waals surface area contributed by atoms with E-state index < -0.39 is 0 Å². The smallest absolute Gasteiger partial charge is 0.224 e. The normalized spacial score (nSPS) is 12.5. The van der Waals surface area contributed by atoms with Crippen molar-refractivity contribution in [3.8, 4) is 0 Å². The lowest BCUT2D eigenvalue weighted by atomic mass is 9.99. The molecule has 0 bridgehead atoms. The Morgan fingerprint density at radius 2 is 1.90 bits per heavy atom. The lowest BCUT2D eigenvalue weighted by molar-refractivity contribution is -0.120. The number of carbonyl (C=O) groups is 1. The highest BCUT2D eigenvalue weighted by molar-refractivity contribution is 9.09. The Balaban J connectivity index is 2.45. The maximum absolute atomic E-state index is 11.9. The first-order valence-corrected chi connectivity index (χ1v) is 8.49. The van der Waals surface area contributed by atoms with Gasteiger partial charge in [-0.1, -0.05) is 71.9 Å². The van der Waals surface area contributed by atoms with Crippen LogP contribution in [0.2, 0.25) is 10.0 Å². The number of carbonyl (C=O) groups excluding carboxylic acids is 1. The minimum absolute atomic E-state index is 0.00112. The first-order valence-electron chi connectivity index (χ1n) is 6.82. The lowest BCUT2D eigenvalue weighted by Crippen LogP contribution is -2.33. The summed E-state index contributed by atoms with van der Waals surface area (Å²) in [5.74, 6) is 0.582. The van der Waals surface area contributed by atoms with E-state index in [1.807, 2.05) is 6.07 Å². The van der Waals surface area contributed by atoms with Gasteiger partial charge in [0.2, 0.25) is 5.91 Å². The number of nitrogens with one attached hydrogen (secondary N) is 1. The van der Waals surface area contributed by atoms with Crippen molar-refractivity contribution in [1.82, 2.24) is 5.32 Å². The van der Waals surface area contributed by atoms with Crippen LogP contribution in [-0.4, -0.2) is 17.3 Å². The van der Waals surface area contributed by atoms with Crippen molar-refractivity contribution < 1.29 is 4.79 Å². The van der Waals surface area contributed by atoms with Gasteiger partial charge in [-0.2, -0.15) is 0 Å². The van der Waals surface area contributed by atoms with Crippen molar-refractivity contribution in [2.75, 3.05) is 6.54 Å². The summed E-state index contributed by atoms with van der Waals surface area (Å²) in [7, 11) is 0. The maximum atomic E-state index is 11.9. The molecular formula is C15H20BrCl2NO. The molecule has 0 aromatic heterocycles. The molecule has 5 heteroatoms. The van der Waals surface area contributed by atoms with Gasteiger partial charge < -0.3 is 5.32 Å². The van der Waals surface area contributed by atoms with E-state index >= 15 is 0 Å². The molecule has 0 aliphatic heterocycles. The number of hydrogen-bond donors (Lipinski definition) is 1. The quantitative estimate of drug-likeness (QED) is 0.673. The number of alkyl halides is 1. The fourth-order valence-electron chi connectivity index (χ4n) is 2.08. The standard InChI is InChI=1S/C15H20BrCl2NO/c1-3-11(4-2)12(16)9-19-15(20)8-10-5-6-13(17)14(18)7-10/h5-7,11-12H,3-4,8-9H2,1-2H3,(H,19,20). The van der Waals surface area contributed by atoms with Crippen molar-refractivity contribution in [3.05, 3.63) is 33.8 Å². The fraction of sp³-hybridized carbons (Fsp3) is 0.533. The summed E-state index contributed by atoms with van der Waals surface area (Å²) in [6.45, 7) is 4.98. The average molecular weight is 381 g/mol. The van der Waals surface area contributed by atoms with Crippen LogP contribution in [0.3, 0.4) is 0 Å². The fourth-order valence-corrected chi connectivity index (χ4v) is 3.31. The van der Waals surface area contributed by atoms with E-state index in [4.69, 9.17) is 23.2 Å². The van der Waals surface area contributed by atoms with Gasteiger partial charge in [0.15, 0.2) is 0 Å². The molecule has 1 amide bonds. The maximum Gasteiger partial charge on any atom is 0.224 e. The molecular weight excluding hydrogens is 361 g/mol. The molecule has 0 fully saturated rings. The van der Waals surface area contributed by atoms with Gasteiger partial charge in [0, 0.05) is 11.4 Å². The van der Waals surface area contributed by atoms with Crippen molar-refractivity contribution >= 4 is 45.0 Å². The van der Waals surface area contributed by atoms with Crippen LogP contribution in [0.1, 0.15) is 32.3 Å². The van der Waals surface area contributed by atoms with Crippen molar-refractivity contribution in [1.29, 1.82) is 0 Å². The Labute approximate surface area is 139 Å². The number of rotatable bonds is 7. The highest BCUT2D eigenvalue weighted by Gasteiger charge is 2.16. The molecule has 1 aromatic carbocycles. The zero-order valence-corrected chi connectivity index (χ0v) is 14.9. The molecule has 2 nitrogen and oxygen atoms in total. The van der Waals surface area contributed by atoms with Crippen LogP contribution in [0.5, 0.6) is 0 Å². The van der Waals surface area contributed by atoms with Gasteiger partial charge in [0.05, 0.1) is 16.5 Å². The summed E-state index contributed by atoms with van der Waals surface area (Å²) in [4.78, 5) is 12.2. The van der Waals surface area contributed by atoms with Crippen LogP contribution in [0.25, 0.3) is 0 Å². The van der Waals surface area contributed by atoms with Crippen LogP contribution in [0.4, 0.5) is 0 Å². The molecule has 0 radical (unpaired) electrons. The van der Waals surface area contributed by atoms with Gasteiger partial charge in [-0.3, -0.25) is 4.79 Å². The number of amides is 1. The molecule has 1 rings (SSSR count). The van der Waals surface area contributed by atoms with Crippen LogP contribution in [0.15, 0.2) is 18.2 Å². The molecule has 0 saturated heterocycles. The molecule has 1 aromatic rings. The van der Waals surface area contributed by atoms with Crippen LogP contribution in [-0.2, 0) is 11.2 Å². The van der Waals surface area contributed by atoms with E-state index in [9.17, 15) is 4.79 Å². The first-order chi connectivity index (χ1) is 9.47. The third-order valence-corrected chi connectivity index (χ3v) is 5.21. The molecule has 1 N–H and O–H groups in total. The first kappa shape index (κ1) is 17.8. The van der Waals surface area contributed by atoms with E-state index in [0.29, 0.717) is 33.8 Å². The zero-order valence-electron chi connectivity index (χ0n) is 11.8. The Hall–Kier alpha value is -0.250. The largest absolute Gasteiger partial charge is 0.355 e. The summed E-state index contributed by atoms with van der Waals surface area (Å²) in [5.41, 5.74) is 0.866. The van der Waals surface area contributed by atoms with Crippen molar-refractivity contribution in [3.63, 3.8) is 0 Å². The number of benzene rings is 1. The Bertz CT molecular complexity index is 449. The molecule has 1 atom stereocenters. The van der Waals surface area contributed by atoms with Gasteiger partial charge in [-0.25, -0.2) is 0 Å². The van der Waals surface area contributed by atoms with Gasteiger partial charge in [0.25, 0.3) is 0 Å². The Morgan fingerprint density at radius 3 is 2.45 bits per heavy atom. The lowest BCUT2D eigenvalue weighted by Gasteiger charge is -2.19. The Kier molecular flexibility index (Phi) is 7.93. The SMILES string of the molecule is CCC(CC)C(Br)CNC(=O)Cc1ccc(Cl)c(Cl)c1. The summed E-state index contributed by atoms with van der Waals surface area (Å²) in [5, 5.41) is 3.94. The minimum Gasteiger partial charge on any atom is -0.355 e. The van der Waals surface area contributed by atoms with Crippen LogP contribution in [0, 0.1) is 5.92 Å². The molecule has 20 heavy (non-hydrogen) atoms. The molecule has 112 valence electrons. The second-order valence-corrected chi connectivity index (χ2v) is 6.81. The van der Waals surface area contributed by atoms with Crippen molar-refractivity contribution in [2.45, 2.75) is 37.9 Å². The van der Waals surface area contributed by atoms with E-state index in [2.05, 4.69) is 35.1 Å². The van der Waals surface area contributed by atoms with E-state index in [-0.39, 0.29) is 5.91 Å². The molecule has 0 heterocycles. The third kappa shape index (κ3) is 5.63. The van der Waals surface area contributed by atoms with E-state index in [1.165, 1.54) is 0 Å². The number of hydrogen-bond acceptors (Lipinski definition) is 1. The minimum atomic E-state index is -0.00112. The van der Waals surface area contributed by atoms with E-state index in [1.54, 1.807) is 12.1 Å². The molecule has 0 aliphatic carbocycles. The van der Waals surface area contributed by atoms with E-state index in [0.717, 1.165) is 18.4 Å². The summed E-state index contributed by atoms with van der Waals surface area (Å²) in [6, 6.07) is 5.26.